The summed E-state index contributed by atoms with van der Waals surface area (Å²) in [4.78, 5) is 12.1. The maximum Gasteiger partial charge on any atom is 0.163 e. The minimum absolute atomic E-state index is 0.0394. The molecule has 2 aromatic rings. The van der Waals surface area contributed by atoms with E-state index in [1.54, 1.807) is 6.07 Å². The Bertz CT molecular complexity index is 651. The quantitative estimate of drug-likeness (QED) is 0.794. The number of carbonyl (C=O) groups excluding carboxylic acids is 1. The summed E-state index contributed by atoms with van der Waals surface area (Å²) in [5.41, 5.74) is 8.31. The topological polar surface area (TPSA) is 43.1 Å². The zero-order valence-corrected chi connectivity index (χ0v) is 10.4. The van der Waals surface area contributed by atoms with Crippen molar-refractivity contribution in [2.24, 2.45) is 0 Å². The Kier molecular flexibility index (Phi) is 2.82. The van der Waals surface area contributed by atoms with E-state index in [-0.39, 0.29) is 17.4 Å². The molecule has 0 saturated heterocycles. The summed E-state index contributed by atoms with van der Waals surface area (Å²) in [5, 5.41) is 0. The summed E-state index contributed by atoms with van der Waals surface area (Å²) in [7, 11) is 0. The molecule has 0 saturated carbocycles. The van der Waals surface area contributed by atoms with E-state index in [0.29, 0.717) is 6.42 Å². The third kappa shape index (κ3) is 2.12. The number of ketones is 1. The lowest BCUT2D eigenvalue weighted by atomic mass is 9.79. The van der Waals surface area contributed by atoms with Gasteiger partial charge in [0, 0.05) is 12.0 Å². The third-order valence-electron chi connectivity index (χ3n) is 3.71. The first kappa shape index (κ1) is 11.9. The minimum atomic E-state index is -0.413. The molecular weight excluding hydrogens is 241 g/mol. The van der Waals surface area contributed by atoms with Gasteiger partial charge in [0.05, 0.1) is 5.69 Å². The fourth-order valence-corrected chi connectivity index (χ4v) is 2.67. The molecule has 0 radical (unpaired) electrons. The van der Waals surface area contributed by atoms with Crippen LogP contribution in [0.4, 0.5) is 10.1 Å². The van der Waals surface area contributed by atoms with Gasteiger partial charge in [-0.2, -0.15) is 0 Å². The van der Waals surface area contributed by atoms with Crippen molar-refractivity contribution in [3.8, 4) is 0 Å². The summed E-state index contributed by atoms with van der Waals surface area (Å²) in [5.74, 6) is -0.245. The van der Waals surface area contributed by atoms with E-state index in [9.17, 15) is 9.18 Å². The summed E-state index contributed by atoms with van der Waals surface area (Å²) >= 11 is 0. The molecule has 0 aromatic heterocycles. The maximum absolute atomic E-state index is 13.5. The average Bonchev–Trinajstić information content (AvgIpc) is 2.42. The van der Waals surface area contributed by atoms with Crippen LogP contribution in [0.2, 0.25) is 0 Å². The monoisotopic (exact) mass is 255 g/mol. The Morgan fingerprint density at radius 2 is 1.89 bits per heavy atom. The van der Waals surface area contributed by atoms with Crippen molar-refractivity contribution in [1.29, 1.82) is 0 Å². The van der Waals surface area contributed by atoms with E-state index in [1.807, 2.05) is 30.3 Å². The normalized spacial score (nSPS) is 18.2. The van der Waals surface area contributed by atoms with Gasteiger partial charge >= 0.3 is 0 Å². The largest absolute Gasteiger partial charge is 0.396 e. The van der Waals surface area contributed by atoms with Gasteiger partial charge in [-0.1, -0.05) is 30.3 Å². The van der Waals surface area contributed by atoms with Gasteiger partial charge in [0.2, 0.25) is 0 Å². The zero-order chi connectivity index (χ0) is 13.4. The van der Waals surface area contributed by atoms with Gasteiger partial charge in [0.25, 0.3) is 0 Å². The van der Waals surface area contributed by atoms with Gasteiger partial charge in [-0.15, -0.1) is 0 Å². The van der Waals surface area contributed by atoms with Crippen LogP contribution in [0.5, 0.6) is 0 Å². The molecule has 0 amide bonds. The number of carbonyl (C=O) groups is 1. The number of fused-ring (bicyclic) bond motifs is 1. The molecule has 1 aliphatic rings. The zero-order valence-electron chi connectivity index (χ0n) is 10.4. The molecule has 96 valence electrons. The number of Topliss-reactive ketones (excluding diaryl/α,β-unsaturated/α-hetero) is 1. The number of anilines is 1. The van der Waals surface area contributed by atoms with Crippen molar-refractivity contribution in [1.82, 2.24) is 0 Å². The molecule has 0 bridgehead atoms. The van der Waals surface area contributed by atoms with Crippen molar-refractivity contribution in [2.75, 3.05) is 5.73 Å². The van der Waals surface area contributed by atoms with E-state index in [2.05, 4.69) is 0 Å². The van der Waals surface area contributed by atoms with Gasteiger partial charge in [0.15, 0.2) is 5.78 Å². The van der Waals surface area contributed by atoms with Crippen LogP contribution in [0.15, 0.2) is 42.5 Å². The Morgan fingerprint density at radius 1 is 1.11 bits per heavy atom. The molecule has 19 heavy (non-hydrogen) atoms. The Balaban J connectivity index is 1.96. The van der Waals surface area contributed by atoms with Crippen LogP contribution in [0.1, 0.15) is 33.8 Å². The van der Waals surface area contributed by atoms with Crippen molar-refractivity contribution in [3.05, 3.63) is 65.0 Å². The predicted octanol–water partition coefficient (Wildman–Crippen LogP) is 3.32. The summed E-state index contributed by atoms with van der Waals surface area (Å²) < 4.78 is 13.5. The first-order chi connectivity index (χ1) is 9.15. The lowest BCUT2D eigenvalue weighted by Crippen LogP contribution is -2.18. The minimum Gasteiger partial charge on any atom is -0.396 e. The van der Waals surface area contributed by atoms with Gasteiger partial charge in [-0.05, 0) is 35.6 Å². The Hall–Kier alpha value is -2.16. The van der Waals surface area contributed by atoms with Crippen molar-refractivity contribution in [2.45, 2.75) is 18.8 Å². The van der Waals surface area contributed by atoms with E-state index in [4.69, 9.17) is 5.73 Å². The number of rotatable bonds is 1. The number of benzene rings is 2. The van der Waals surface area contributed by atoms with E-state index in [0.717, 1.165) is 23.1 Å². The van der Waals surface area contributed by atoms with Crippen molar-refractivity contribution in [3.63, 3.8) is 0 Å². The number of nitrogens with two attached hydrogens (primary N) is 1. The first-order valence-electron chi connectivity index (χ1n) is 6.31. The highest BCUT2D eigenvalue weighted by molar-refractivity contribution is 5.99. The number of nitrogen functional groups attached to an aromatic ring is 1. The van der Waals surface area contributed by atoms with Crippen LogP contribution in [0.3, 0.4) is 0 Å². The van der Waals surface area contributed by atoms with Crippen LogP contribution in [0.25, 0.3) is 0 Å². The fraction of sp³-hybridized carbons (Fsp3) is 0.188. The highest BCUT2D eigenvalue weighted by Crippen LogP contribution is 2.33. The summed E-state index contributed by atoms with van der Waals surface area (Å²) in [6, 6.07) is 12.4. The molecule has 1 unspecified atom stereocenters. The second-order valence-electron chi connectivity index (χ2n) is 4.97. The van der Waals surface area contributed by atoms with E-state index >= 15 is 0 Å². The second-order valence-corrected chi connectivity index (χ2v) is 4.97. The Morgan fingerprint density at radius 3 is 2.68 bits per heavy atom. The molecule has 3 heteroatoms. The molecule has 2 aromatic carbocycles. The molecule has 3 rings (SSSR count). The lowest BCUT2D eigenvalue weighted by Gasteiger charge is -2.24. The highest BCUT2D eigenvalue weighted by atomic mass is 19.1. The van der Waals surface area contributed by atoms with Crippen molar-refractivity contribution < 1.29 is 9.18 Å². The van der Waals surface area contributed by atoms with Gasteiger partial charge in [-0.3, -0.25) is 4.79 Å². The molecule has 1 atom stereocenters. The molecule has 2 nitrogen and oxygen atoms in total. The van der Waals surface area contributed by atoms with Gasteiger partial charge in [-0.25, -0.2) is 4.39 Å². The lowest BCUT2D eigenvalue weighted by molar-refractivity contribution is 0.0964. The molecule has 0 aliphatic heterocycles. The number of halogens is 1. The van der Waals surface area contributed by atoms with Crippen molar-refractivity contribution >= 4 is 11.5 Å². The Labute approximate surface area is 111 Å². The molecule has 0 heterocycles. The van der Waals surface area contributed by atoms with E-state index in [1.165, 1.54) is 6.07 Å². The van der Waals surface area contributed by atoms with Crippen LogP contribution in [-0.2, 0) is 6.42 Å². The SMILES string of the molecule is Nc1ccc(C2CC(=O)c3ccccc3C2)cc1F. The summed E-state index contributed by atoms with van der Waals surface area (Å²) in [6.45, 7) is 0. The van der Waals surface area contributed by atoms with Gasteiger partial charge < -0.3 is 5.73 Å². The maximum atomic E-state index is 13.5. The first-order valence-corrected chi connectivity index (χ1v) is 6.31. The smallest absolute Gasteiger partial charge is 0.163 e. The molecular formula is C16H14FNO. The van der Waals surface area contributed by atoms with E-state index < -0.39 is 5.82 Å². The molecule has 0 fully saturated rings. The highest BCUT2D eigenvalue weighted by Gasteiger charge is 2.26. The van der Waals surface area contributed by atoms with Crippen LogP contribution in [-0.4, -0.2) is 5.78 Å². The molecule has 2 N–H and O–H groups in total. The molecule has 0 spiro atoms. The van der Waals surface area contributed by atoms with Crippen LogP contribution in [0, 0.1) is 5.82 Å². The fourth-order valence-electron chi connectivity index (χ4n) is 2.67. The second kappa shape index (κ2) is 4.50. The third-order valence-corrected chi connectivity index (χ3v) is 3.71. The number of hydrogen-bond donors (Lipinski definition) is 1. The van der Waals surface area contributed by atoms with Crippen LogP contribution >= 0.6 is 0 Å². The number of hydrogen-bond acceptors (Lipinski definition) is 2. The van der Waals surface area contributed by atoms with Gasteiger partial charge in [0.1, 0.15) is 5.82 Å². The predicted molar refractivity (Wildman–Crippen MR) is 72.6 cm³/mol. The molecule has 1 aliphatic carbocycles. The summed E-state index contributed by atoms with van der Waals surface area (Å²) in [6.07, 6.45) is 1.20. The van der Waals surface area contributed by atoms with Crippen LogP contribution < -0.4 is 5.73 Å². The standard InChI is InChI=1S/C16H14FNO/c17-14-8-10(5-6-15(14)18)12-7-11-3-1-2-4-13(11)16(19)9-12/h1-6,8,12H,7,9,18H2. The average molecular weight is 255 g/mol.